The predicted molar refractivity (Wildman–Crippen MR) is 142 cm³/mol. The summed E-state index contributed by atoms with van der Waals surface area (Å²) >= 11 is 0. The molecule has 1 aliphatic rings. The Morgan fingerprint density at radius 1 is 1.29 bits per heavy atom. The van der Waals surface area contributed by atoms with E-state index in [9.17, 15) is 0 Å². The van der Waals surface area contributed by atoms with Crippen LogP contribution in [0.2, 0.25) is 0 Å². The second-order valence-electron chi connectivity index (χ2n) is 8.50. The molecule has 0 spiro atoms. The number of aryl methyl sites for hydroxylation is 1. The average Bonchev–Trinajstić information content (AvgIpc) is 3.14. The van der Waals surface area contributed by atoms with Crippen LogP contribution < -0.4 is 10.6 Å². The third kappa shape index (κ3) is 7.95. The van der Waals surface area contributed by atoms with Gasteiger partial charge in [-0.05, 0) is 58.1 Å². The van der Waals surface area contributed by atoms with Crippen molar-refractivity contribution >= 4 is 40.8 Å². The number of likely N-dealkylation sites (tertiary alicyclic amines) is 1. The zero-order valence-corrected chi connectivity index (χ0v) is 21.9. The number of guanidine groups is 1. The lowest BCUT2D eigenvalue weighted by atomic mass is 10.1. The first-order chi connectivity index (χ1) is 14.6. The quantitative estimate of drug-likeness (QED) is 0.254. The second kappa shape index (κ2) is 13.3. The number of piperidine rings is 1. The minimum absolute atomic E-state index is 0. The summed E-state index contributed by atoms with van der Waals surface area (Å²) in [6.07, 6.45) is 5.68. The summed E-state index contributed by atoms with van der Waals surface area (Å²) in [4.78, 5) is 10.8. The van der Waals surface area contributed by atoms with Crippen LogP contribution in [0.1, 0.15) is 44.7 Å². The minimum atomic E-state index is 0. The third-order valence-electron chi connectivity index (χ3n) is 5.79. The van der Waals surface area contributed by atoms with Crippen LogP contribution in [0.4, 0.5) is 0 Å². The number of hydrogen-bond acceptors (Lipinski definition) is 3. The van der Waals surface area contributed by atoms with Gasteiger partial charge in [-0.3, -0.25) is 4.99 Å². The van der Waals surface area contributed by atoms with Crippen molar-refractivity contribution in [1.29, 1.82) is 0 Å². The Morgan fingerprint density at radius 3 is 2.77 bits per heavy atom. The number of aliphatic imine (C=N–C) groups is 1. The fourth-order valence-electron chi connectivity index (χ4n) is 4.09. The molecule has 3 N–H and O–H groups in total. The average molecular weight is 542 g/mol. The number of aromatic amines is 1. The summed E-state index contributed by atoms with van der Waals surface area (Å²) in [7, 11) is 0. The van der Waals surface area contributed by atoms with E-state index in [-0.39, 0.29) is 24.0 Å². The van der Waals surface area contributed by atoms with Crippen LogP contribution in [0.25, 0.3) is 10.9 Å². The maximum absolute atomic E-state index is 5.69. The van der Waals surface area contributed by atoms with Gasteiger partial charge in [-0.15, -0.1) is 24.0 Å². The normalized spacial score (nSPS) is 16.0. The van der Waals surface area contributed by atoms with E-state index >= 15 is 0 Å². The molecule has 1 fully saturated rings. The minimum Gasteiger partial charge on any atom is -0.377 e. The van der Waals surface area contributed by atoms with E-state index in [0.29, 0.717) is 12.1 Å². The summed E-state index contributed by atoms with van der Waals surface area (Å²) in [5.41, 5.74) is 3.87. The van der Waals surface area contributed by atoms with Crippen LogP contribution in [0.5, 0.6) is 0 Å². The highest BCUT2D eigenvalue weighted by Crippen LogP contribution is 2.21. The highest BCUT2D eigenvalue weighted by molar-refractivity contribution is 14.0. The molecule has 2 aromatic rings. The molecule has 1 aromatic heterocycles. The zero-order valence-electron chi connectivity index (χ0n) is 19.5. The van der Waals surface area contributed by atoms with E-state index < -0.39 is 0 Å². The molecule has 174 valence electrons. The molecule has 2 heterocycles. The van der Waals surface area contributed by atoms with Crippen molar-refractivity contribution in [2.45, 2.75) is 59.1 Å². The van der Waals surface area contributed by atoms with Crippen molar-refractivity contribution in [1.82, 2.24) is 20.5 Å². The topological polar surface area (TPSA) is 64.7 Å². The fraction of sp³-hybridized carbons (Fsp3) is 0.625. The molecule has 0 unspecified atom stereocenters. The maximum Gasteiger partial charge on any atom is 0.191 e. The zero-order chi connectivity index (χ0) is 21.3. The predicted octanol–water partition coefficient (Wildman–Crippen LogP) is 4.08. The first-order valence-electron chi connectivity index (χ1n) is 11.5. The second-order valence-corrected chi connectivity index (χ2v) is 8.50. The SMILES string of the molecule is CCNC(=NCCc1c[nH]c2c(C)cccc12)NC1CCN(CCOC(C)C)CC1.I. The number of ether oxygens (including phenoxy) is 1. The van der Waals surface area contributed by atoms with E-state index in [1.165, 1.54) is 22.0 Å². The molecule has 0 aliphatic carbocycles. The maximum atomic E-state index is 5.69. The summed E-state index contributed by atoms with van der Waals surface area (Å²) in [6, 6.07) is 6.96. The number of aromatic nitrogens is 1. The molecular formula is C24H40IN5O. The fourth-order valence-corrected chi connectivity index (χ4v) is 4.09. The van der Waals surface area contributed by atoms with Gasteiger partial charge in [0.1, 0.15) is 0 Å². The monoisotopic (exact) mass is 541 g/mol. The first-order valence-corrected chi connectivity index (χ1v) is 11.5. The lowest BCUT2D eigenvalue weighted by molar-refractivity contribution is 0.0532. The van der Waals surface area contributed by atoms with Crippen LogP contribution in [0.3, 0.4) is 0 Å². The molecule has 0 bridgehead atoms. The first kappa shape index (κ1) is 25.9. The molecule has 0 atom stereocenters. The molecule has 0 saturated carbocycles. The van der Waals surface area contributed by atoms with E-state index in [4.69, 9.17) is 9.73 Å². The Morgan fingerprint density at radius 2 is 2.06 bits per heavy atom. The molecular weight excluding hydrogens is 501 g/mol. The van der Waals surface area contributed by atoms with Gasteiger partial charge in [0.25, 0.3) is 0 Å². The Balaban J connectivity index is 0.00000341. The Hall–Kier alpha value is -1.32. The standard InChI is InChI=1S/C24H39N5O.HI/c1-5-25-24(28-21-10-13-29(14-11-21)15-16-30-18(2)3)26-12-9-20-17-27-23-19(4)7-6-8-22(20)23;/h6-8,17-18,21,27H,5,9-16H2,1-4H3,(H2,25,26,28);1H. The number of H-pyrrole nitrogens is 1. The van der Waals surface area contributed by atoms with Gasteiger partial charge in [0.2, 0.25) is 0 Å². The molecule has 1 saturated heterocycles. The van der Waals surface area contributed by atoms with E-state index in [0.717, 1.165) is 64.6 Å². The lowest BCUT2D eigenvalue weighted by Gasteiger charge is -2.33. The number of nitrogens with zero attached hydrogens (tertiary/aromatic N) is 2. The number of fused-ring (bicyclic) bond motifs is 1. The molecule has 3 rings (SSSR count). The van der Waals surface area contributed by atoms with Crippen molar-refractivity contribution in [3.8, 4) is 0 Å². The summed E-state index contributed by atoms with van der Waals surface area (Å²) in [5, 5.41) is 8.38. The molecule has 0 radical (unpaired) electrons. The van der Waals surface area contributed by atoms with Gasteiger partial charge in [0.15, 0.2) is 5.96 Å². The van der Waals surface area contributed by atoms with Crippen molar-refractivity contribution in [2.75, 3.05) is 39.3 Å². The van der Waals surface area contributed by atoms with Crippen LogP contribution in [0, 0.1) is 6.92 Å². The van der Waals surface area contributed by atoms with Gasteiger partial charge < -0.3 is 25.3 Å². The largest absolute Gasteiger partial charge is 0.377 e. The molecule has 1 aromatic carbocycles. The number of halogens is 1. The molecule has 0 amide bonds. The van der Waals surface area contributed by atoms with Gasteiger partial charge >= 0.3 is 0 Å². The van der Waals surface area contributed by atoms with E-state index in [1.807, 2.05) is 0 Å². The molecule has 1 aliphatic heterocycles. The smallest absolute Gasteiger partial charge is 0.191 e. The van der Waals surface area contributed by atoms with Crippen LogP contribution in [0.15, 0.2) is 29.4 Å². The number of rotatable bonds is 9. The molecule has 6 nitrogen and oxygen atoms in total. The number of para-hydroxylation sites is 1. The van der Waals surface area contributed by atoms with Gasteiger partial charge in [-0.1, -0.05) is 18.2 Å². The van der Waals surface area contributed by atoms with Crippen molar-refractivity contribution < 1.29 is 4.74 Å². The number of benzene rings is 1. The van der Waals surface area contributed by atoms with E-state index in [2.05, 4.69) is 72.6 Å². The summed E-state index contributed by atoms with van der Waals surface area (Å²) in [6.45, 7) is 14.2. The highest BCUT2D eigenvalue weighted by atomic mass is 127. The summed E-state index contributed by atoms with van der Waals surface area (Å²) < 4.78 is 5.69. The highest BCUT2D eigenvalue weighted by Gasteiger charge is 2.19. The van der Waals surface area contributed by atoms with Crippen LogP contribution in [-0.2, 0) is 11.2 Å². The third-order valence-corrected chi connectivity index (χ3v) is 5.79. The summed E-state index contributed by atoms with van der Waals surface area (Å²) in [5.74, 6) is 0.940. The van der Waals surface area contributed by atoms with Crippen molar-refractivity contribution in [2.24, 2.45) is 4.99 Å². The van der Waals surface area contributed by atoms with Crippen molar-refractivity contribution in [3.05, 3.63) is 35.5 Å². The van der Waals surface area contributed by atoms with E-state index in [1.54, 1.807) is 0 Å². The molecule has 31 heavy (non-hydrogen) atoms. The Labute approximate surface area is 204 Å². The Bertz CT molecular complexity index is 811. The Kier molecular flexibility index (Phi) is 11.1. The van der Waals surface area contributed by atoms with Crippen molar-refractivity contribution in [3.63, 3.8) is 0 Å². The molecule has 7 heteroatoms. The number of hydrogen-bond donors (Lipinski definition) is 3. The lowest BCUT2D eigenvalue weighted by Crippen LogP contribution is -2.49. The van der Waals surface area contributed by atoms with Crippen LogP contribution in [-0.4, -0.2) is 67.3 Å². The van der Waals surface area contributed by atoms with Gasteiger partial charge in [-0.25, -0.2) is 0 Å². The van der Waals surface area contributed by atoms with Crippen LogP contribution >= 0.6 is 24.0 Å². The van der Waals surface area contributed by atoms with Gasteiger partial charge in [0, 0.05) is 55.9 Å². The van der Waals surface area contributed by atoms with Gasteiger partial charge in [-0.2, -0.15) is 0 Å². The van der Waals surface area contributed by atoms with Gasteiger partial charge in [0.05, 0.1) is 12.7 Å². The number of nitrogens with one attached hydrogen (secondary N) is 3.